The summed E-state index contributed by atoms with van der Waals surface area (Å²) in [6.45, 7) is 20.1. The van der Waals surface area contributed by atoms with E-state index in [2.05, 4.69) is 10.6 Å². The smallest absolute Gasteiger partial charge is 0.408 e. The number of hydrogen-bond donors (Lipinski definition) is 4. The number of benzene rings is 2. The van der Waals surface area contributed by atoms with Crippen LogP contribution in [0.15, 0.2) is 70.1 Å². The van der Waals surface area contributed by atoms with Gasteiger partial charge in [-0.3, -0.25) is 38.4 Å². The van der Waals surface area contributed by atoms with Gasteiger partial charge < -0.3 is 46.4 Å². The molecule has 6 N–H and O–H groups in total. The second kappa shape index (κ2) is 30.3. The summed E-state index contributed by atoms with van der Waals surface area (Å²) in [5.74, 6) is -1.19. The molecule has 6 atom stereocenters. The van der Waals surface area contributed by atoms with E-state index in [1.165, 1.54) is 6.92 Å². The third kappa shape index (κ3) is 18.4. The summed E-state index contributed by atoms with van der Waals surface area (Å²) < 4.78 is 4.96. The molecule has 8 rings (SSSR count). The summed E-state index contributed by atoms with van der Waals surface area (Å²) in [7, 11) is 0. The number of ether oxygens (including phenoxy) is 1. The lowest BCUT2D eigenvalue weighted by atomic mass is 9.85. The fourth-order valence-electron chi connectivity index (χ4n) is 10.5. The Hall–Kier alpha value is -6.61. The van der Waals surface area contributed by atoms with Crippen LogP contribution in [0.5, 0.6) is 0 Å². The standard InChI is InChI=1S/C28H36N4O4S.C25H31N3O3S.C9H17NO3.CH4/c1-17(2)12-22(30-27(35)18(3)29)24(33)14-21-13-20-6-4-7-23(31-10-5-8-25(31)34)26(20)32(28(21)36)15-19-9-11-37-16-19;1-16(2)11-20(26)22(29)13-19-12-18-5-3-6-21(27-9-4-7-23(27)30)24(18)28(25(19)31)14-17-8-10-32-15-17;1-6(7(2)11)10-8(12)13-9(3,4)5;/h4,6-7,9,11,16-18,21-22H,5,8,10,12-15,29H2,1-3H3,(H,30,35);3,5-6,8,10,15-16,19-20H,4,7,9,11-14,26H2,1-2H3;6H,1-5H3,(H,10,12);1H4/t18-,21?,22+;19?,20-;6-;/m010./s1. The normalized spacial score (nSPS) is 18.2. The maximum atomic E-state index is 13.9. The monoisotopic (exact) mass is 1180 g/mol. The Labute approximate surface area is 498 Å². The first-order valence-electron chi connectivity index (χ1n) is 28.6. The first kappa shape index (κ1) is 67.2. The zero-order valence-electron chi connectivity index (χ0n) is 49.3. The highest BCUT2D eigenvalue weighted by Crippen LogP contribution is 2.44. The van der Waals surface area contributed by atoms with Crippen molar-refractivity contribution in [2.75, 3.05) is 32.7 Å². The molecule has 6 heterocycles. The zero-order chi connectivity index (χ0) is 60.2. The number of para-hydroxylation sites is 2. The predicted molar refractivity (Wildman–Crippen MR) is 329 cm³/mol. The lowest BCUT2D eigenvalue weighted by molar-refractivity contribution is -0.131. The average Bonchev–Trinajstić information content (AvgIpc) is 3.28. The number of Topliss-reactive ketones (excluding diaryl/α,β-unsaturated/α-hetero) is 3. The van der Waals surface area contributed by atoms with Crippen LogP contribution in [0.3, 0.4) is 0 Å². The number of fused-ring (bicyclic) bond motifs is 2. The van der Waals surface area contributed by atoms with Crippen molar-refractivity contribution in [3.63, 3.8) is 0 Å². The number of ketones is 3. The van der Waals surface area contributed by atoms with Gasteiger partial charge in [0.2, 0.25) is 29.5 Å². The number of carbonyl (C=O) groups excluding carboxylic acids is 9. The summed E-state index contributed by atoms with van der Waals surface area (Å²) in [6, 6.07) is 13.2. The highest BCUT2D eigenvalue weighted by atomic mass is 32.1. The number of anilines is 4. The molecule has 2 unspecified atom stereocenters. The number of amides is 6. The lowest BCUT2D eigenvalue weighted by Crippen LogP contribution is -2.49. The molecule has 0 spiro atoms. The Kier molecular flexibility index (Phi) is 24.5. The van der Waals surface area contributed by atoms with Crippen LogP contribution in [-0.2, 0) is 69.0 Å². The molecular formula is C63H88N8O10S2. The summed E-state index contributed by atoms with van der Waals surface area (Å²) >= 11 is 3.15. The van der Waals surface area contributed by atoms with Crippen molar-refractivity contribution in [1.82, 2.24) is 10.6 Å². The van der Waals surface area contributed by atoms with Gasteiger partial charge in [0.15, 0.2) is 11.6 Å². The van der Waals surface area contributed by atoms with E-state index in [0.29, 0.717) is 70.6 Å². The van der Waals surface area contributed by atoms with E-state index in [9.17, 15) is 43.2 Å². The molecule has 0 saturated carbocycles. The Morgan fingerprint density at radius 1 is 0.663 bits per heavy atom. The quantitative estimate of drug-likeness (QED) is 0.0646. The Bertz CT molecular complexity index is 2920. The molecule has 83 heavy (non-hydrogen) atoms. The van der Waals surface area contributed by atoms with Crippen LogP contribution in [0.25, 0.3) is 0 Å². The Balaban J connectivity index is 0.000000250. The van der Waals surface area contributed by atoms with Crippen molar-refractivity contribution in [2.45, 2.75) is 184 Å². The molecule has 2 saturated heterocycles. The minimum absolute atomic E-state index is 0. The van der Waals surface area contributed by atoms with Crippen molar-refractivity contribution in [1.29, 1.82) is 0 Å². The predicted octanol–water partition coefficient (Wildman–Crippen LogP) is 9.46. The Morgan fingerprint density at radius 2 is 1.12 bits per heavy atom. The highest BCUT2D eigenvalue weighted by molar-refractivity contribution is 7.08. The van der Waals surface area contributed by atoms with Gasteiger partial charge >= 0.3 is 6.09 Å². The molecule has 0 aliphatic carbocycles. The number of alkyl carbamates (subject to hydrolysis) is 1. The lowest BCUT2D eigenvalue weighted by Gasteiger charge is -2.37. The third-order valence-corrected chi connectivity index (χ3v) is 16.1. The van der Waals surface area contributed by atoms with Gasteiger partial charge in [0.25, 0.3) is 0 Å². The molecule has 4 aliphatic heterocycles. The second-order valence-corrected chi connectivity index (χ2v) is 25.4. The van der Waals surface area contributed by atoms with Crippen molar-refractivity contribution in [3.8, 4) is 0 Å². The van der Waals surface area contributed by atoms with Crippen LogP contribution in [0.1, 0.15) is 150 Å². The minimum atomic E-state index is -0.724. The molecule has 6 amide bonds. The molecule has 2 aromatic heterocycles. The van der Waals surface area contributed by atoms with Crippen molar-refractivity contribution in [3.05, 3.63) is 92.3 Å². The number of thiophene rings is 2. The minimum Gasteiger partial charge on any atom is -0.444 e. The molecule has 4 aliphatic rings. The van der Waals surface area contributed by atoms with Crippen molar-refractivity contribution in [2.24, 2.45) is 35.1 Å². The van der Waals surface area contributed by atoms with Gasteiger partial charge in [-0.05, 0) is 160 Å². The van der Waals surface area contributed by atoms with E-state index in [-0.39, 0.29) is 73.1 Å². The van der Waals surface area contributed by atoms with E-state index in [1.807, 2.05) is 97.7 Å². The second-order valence-electron chi connectivity index (χ2n) is 23.8. The van der Waals surface area contributed by atoms with E-state index in [1.54, 1.807) is 76.9 Å². The molecule has 18 nitrogen and oxygen atoms in total. The van der Waals surface area contributed by atoms with Gasteiger partial charge in [0.1, 0.15) is 11.4 Å². The van der Waals surface area contributed by atoms with Gasteiger partial charge in [-0.15, -0.1) is 0 Å². The molecule has 4 aromatic rings. The SMILES string of the molecule is C.CC(=O)[C@H](C)NC(=O)OC(C)(C)C.CC(C)C[C@@H](N)C(=O)CC1Cc2cccc(N3CCCC3=O)c2N(Cc2ccsc2)C1=O.CC(C)C[C@@H](NC(=O)[C@H](C)N)C(=O)CC1Cc2cccc(N3CCCC3=O)c2N(Cc2ccsc2)C1=O. The third-order valence-electron chi connectivity index (χ3n) is 14.7. The van der Waals surface area contributed by atoms with E-state index in [4.69, 9.17) is 16.2 Å². The maximum absolute atomic E-state index is 13.9. The molecule has 2 aromatic carbocycles. The summed E-state index contributed by atoms with van der Waals surface area (Å²) in [5.41, 5.74) is 18.5. The number of nitrogens with one attached hydrogen (secondary N) is 2. The topological polar surface area (TPSA) is 252 Å². The van der Waals surface area contributed by atoms with Gasteiger partial charge in [0.05, 0.1) is 60.0 Å². The van der Waals surface area contributed by atoms with E-state index < -0.39 is 47.7 Å². The molecular weight excluding hydrogens is 1090 g/mol. The van der Waals surface area contributed by atoms with Gasteiger partial charge in [-0.2, -0.15) is 22.7 Å². The fraction of sp³-hybridized carbons (Fsp3) is 0.540. The van der Waals surface area contributed by atoms with Crippen LogP contribution in [0, 0.1) is 23.7 Å². The van der Waals surface area contributed by atoms with Crippen LogP contribution < -0.4 is 41.7 Å². The van der Waals surface area contributed by atoms with Crippen LogP contribution in [0.4, 0.5) is 27.5 Å². The van der Waals surface area contributed by atoms with Crippen LogP contribution >= 0.6 is 22.7 Å². The maximum Gasteiger partial charge on any atom is 0.408 e. The number of hydrogen-bond acceptors (Lipinski definition) is 14. The van der Waals surface area contributed by atoms with Gasteiger partial charge in [0, 0.05) is 50.6 Å². The molecule has 0 bridgehead atoms. The van der Waals surface area contributed by atoms with Crippen molar-refractivity contribution < 1.29 is 47.9 Å². The van der Waals surface area contributed by atoms with Crippen molar-refractivity contribution >= 4 is 98.4 Å². The number of carbonyl (C=O) groups is 9. The highest BCUT2D eigenvalue weighted by Gasteiger charge is 2.41. The largest absolute Gasteiger partial charge is 0.444 e. The number of nitrogens with two attached hydrogens (primary N) is 2. The number of rotatable bonds is 20. The zero-order valence-corrected chi connectivity index (χ0v) is 50.9. The summed E-state index contributed by atoms with van der Waals surface area (Å²) in [4.78, 5) is 120. The van der Waals surface area contributed by atoms with E-state index in [0.717, 1.165) is 57.8 Å². The first-order valence-corrected chi connectivity index (χ1v) is 30.5. The summed E-state index contributed by atoms with van der Waals surface area (Å²) in [6.07, 6.45) is 4.28. The molecule has 20 heteroatoms. The first-order chi connectivity index (χ1) is 38.7. The number of nitrogens with zero attached hydrogens (tertiary/aromatic N) is 4. The van der Waals surface area contributed by atoms with Gasteiger partial charge in [-0.25, -0.2) is 4.79 Å². The molecule has 2 fully saturated rings. The Morgan fingerprint density at radius 3 is 1.49 bits per heavy atom. The van der Waals surface area contributed by atoms with Gasteiger partial charge in [-0.1, -0.05) is 59.4 Å². The average molecular weight is 1180 g/mol. The fourth-order valence-corrected chi connectivity index (χ4v) is 11.8. The summed E-state index contributed by atoms with van der Waals surface area (Å²) in [5, 5.41) is 13.2. The van der Waals surface area contributed by atoms with Crippen LogP contribution in [-0.4, -0.2) is 95.8 Å². The van der Waals surface area contributed by atoms with E-state index >= 15 is 0 Å². The van der Waals surface area contributed by atoms with Crippen LogP contribution in [0.2, 0.25) is 0 Å². The molecule has 0 radical (unpaired) electrons. The molecule has 452 valence electrons.